The van der Waals surface area contributed by atoms with Crippen LogP contribution in [0.25, 0.3) is 0 Å². The second-order valence-corrected chi connectivity index (χ2v) is 3.00. The first kappa shape index (κ1) is 9.02. The molecule has 1 fully saturated rings. The molecule has 14 heavy (non-hydrogen) atoms. The van der Waals surface area contributed by atoms with Gasteiger partial charge in [0.2, 0.25) is 0 Å². The second kappa shape index (κ2) is 5.01. The van der Waals surface area contributed by atoms with Gasteiger partial charge in [-0.2, -0.15) is 0 Å². The number of aliphatic hydroxyl groups is 3. The van der Waals surface area contributed by atoms with Gasteiger partial charge in [-0.25, -0.2) is 0 Å². The smallest absolute Gasteiger partial charge is 0.184 e. The van der Waals surface area contributed by atoms with E-state index in [0.29, 0.717) is 0 Å². The van der Waals surface area contributed by atoms with E-state index in [1.165, 1.54) is 0 Å². The number of rotatable bonds is 3. The Labute approximate surface area is 84.8 Å². The van der Waals surface area contributed by atoms with Crippen LogP contribution in [0, 0.1) is 0 Å². The van der Waals surface area contributed by atoms with E-state index in [2.05, 4.69) is 0 Å². The minimum Gasteiger partial charge on any atom is -0.394 e. The molecule has 3 N–H and O–H groups in total. The van der Waals surface area contributed by atoms with Gasteiger partial charge in [0.15, 0.2) is 6.29 Å². The second-order valence-electron chi connectivity index (χ2n) is 3.00. The molecule has 1 heterocycles. The van der Waals surface area contributed by atoms with Gasteiger partial charge >= 0.3 is 0 Å². The molecule has 84 valence electrons. The van der Waals surface area contributed by atoms with E-state index in [1.54, 1.807) is 0 Å². The van der Waals surface area contributed by atoms with E-state index in [4.69, 9.17) is 22.1 Å². The van der Waals surface area contributed by atoms with E-state index in [1.807, 2.05) is 0 Å². The first-order valence-electron chi connectivity index (χ1n) is 5.51. The first-order valence-corrected chi connectivity index (χ1v) is 4.09. The molecule has 1 unspecified atom stereocenters. The Bertz CT molecular complexity index is 207. The molecule has 1 aliphatic heterocycles. The molecule has 0 radical (unpaired) electrons. The van der Waals surface area contributed by atoms with Crippen LogP contribution in [0.15, 0.2) is 0 Å². The van der Waals surface area contributed by atoms with Gasteiger partial charge in [0.25, 0.3) is 0 Å². The Morgan fingerprint density at radius 3 is 2.50 bits per heavy atom. The van der Waals surface area contributed by atoms with Crippen molar-refractivity contribution in [3.63, 3.8) is 0 Å². The molecular formula is C8H16O6. The zero-order chi connectivity index (χ0) is 12.1. The van der Waals surface area contributed by atoms with Crippen molar-refractivity contribution in [3.8, 4) is 0 Å². The molecule has 6 nitrogen and oxygen atoms in total. The van der Waals surface area contributed by atoms with Crippen LogP contribution >= 0.6 is 0 Å². The number of methoxy groups -OCH3 is 2. The summed E-state index contributed by atoms with van der Waals surface area (Å²) in [5, 5.41) is 28.2. The highest BCUT2D eigenvalue weighted by Crippen LogP contribution is 2.23. The molecule has 6 heteroatoms. The number of hydrogen-bond donors (Lipinski definition) is 3. The monoisotopic (exact) mass is 210 g/mol. The third-order valence-corrected chi connectivity index (χ3v) is 2.20. The maximum Gasteiger partial charge on any atom is 0.184 e. The summed E-state index contributed by atoms with van der Waals surface area (Å²) in [6.45, 7) is -0.482. The predicted octanol–water partition coefficient (Wildman–Crippen LogP) is -1.91. The van der Waals surface area contributed by atoms with Crippen molar-refractivity contribution in [3.05, 3.63) is 0 Å². The minimum atomic E-state index is -1.40. The molecule has 1 rings (SSSR count). The topological polar surface area (TPSA) is 88.4 Å². The van der Waals surface area contributed by atoms with Crippen molar-refractivity contribution in [2.24, 2.45) is 0 Å². The highest BCUT2D eigenvalue weighted by atomic mass is 16.7. The summed E-state index contributed by atoms with van der Waals surface area (Å²) in [7, 11) is -0.857. The lowest BCUT2D eigenvalue weighted by Gasteiger charge is -2.40. The van der Waals surface area contributed by atoms with Gasteiger partial charge < -0.3 is 29.5 Å². The Balaban J connectivity index is 2.74. The van der Waals surface area contributed by atoms with Crippen molar-refractivity contribution in [2.45, 2.75) is 30.7 Å². The fourth-order valence-corrected chi connectivity index (χ4v) is 1.43. The van der Waals surface area contributed by atoms with Gasteiger partial charge in [-0.15, -0.1) is 0 Å². The van der Waals surface area contributed by atoms with E-state index in [-0.39, 0.29) is 0 Å². The van der Waals surface area contributed by atoms with Gasteiger partial charge in [-0.05, 0) is 0 Å². The highest BCUT2D eigenvalue weighted by Gasteiger charge is 2.44. The maximum atomic E-state index is 9.73. The van der Waals surface area contributed by atoms with E-state index in [9.17, 15) is 10.2 Å². The summed E-state index contributed by atoms with van der Waals surface area (Å²) in [5.41, 5.74) is 0. The Morgan fingerprint density at radius 2 is 1.93 bits per heavy atom. The van der Waals surface area contributed by atoms with Gasteiger partial charge in [0.05, 0.1) is 9.35 Å². The Morgan fingerprint density at radius 1 is 1.29 bits per heavy atom. The van der Waals surface area contributed by atoms with Gasteiger partial charge in [-0.3, -0.25) is 0 Å². The molecular weight excluding hydrogens is 192 g/mol. The molecule has 0 aromatic rings. The van der Waals surface area contributed by atoms with Crippen LogP contribution in [0.1, 0.15) is 2.74 Å². The quantitative estimate of drug-likeness (QED) is 0.503. The Hall–Kier alpha value is -0.240. The van der Waals surface area contributed by atoms with Crippen molar-refractivity contribution >= 4 is 0 Å². The standard InChI is InChI=1S/C8H16O6/c1-12-6-5(10)4(3-9)14-8(11)7(6)13-2/h4-11H,3H2,1-2H3/t4-,5-,6+,7-,8?/m1/s1/i1D,2D. The van der Waals surface area contributed by atoms with Crippen LogP contribution in [0.2, 0.25) is 0 Å². The number of hydrogen-bond acceptors (Lipinski definition) is 6. The third-order valence-electron chi connectivity index (χ3n) is 2.20. The lowest BCUT2D eigenvalue weighted by atomic mass is 9.99. The molecule has 0 spiro atoms. The maximum absolute atomic E-state index is 9.73. The SMILES string of the molecule is [2H]CO[C@H]1[C@H](O)[C@@H](CO)OC(O)[C@@H]1OC[2H]. The fourth-order valence-electron chi connectivity index (χ4n) is 1.43. The summed E-state index contributed by atoms with van der Waals surface area (Å²) >= 11 is 0. The van der Waals surface area contributed by atoms with Crippen molar-refractivity contribution < 1.29 is 32.3 Å². The highest BCUT2D eigenvalue weighted by molar-refractivity contribution is 4.90. The summed E-state index contributed by atoms with van der Waals surface area (Å²) in [5.74, 6) is 0. The van der Waals surface area contributed by atoms with Crippen molar-refractivity contribution in [2.75, 3.05) is 20.8 Å². The van der Waals surface area contributed by atoms with Crippen LogP contribution < -0.4 is 0 Å². The average Bonchev–Trinajstić information content (AvgIpc) is 2.28. The lowest BCUT2D eigenvalue weighted by Crippen LogP contribution is -2.59. The van der Waals surface area contributed by atoms with E-state index < -0.39 is 51.5 Å². The number of ether oxygens (including phenoxy) is 3. The molecule has 1 aliphatic rings. The summed E-state index contributed by atoms with van der Waals surface area (Å²) in [6.07, 6.45) is -5.64. The van der Waals surface area contributed by atoms with Crippen LogP contribution in [0.5, 0.6) is 0 Å². The average molecular weight is 210 g/mol. The van der Waals surface area contributed by atoms with E-state index >= 15 is 0 Å². The largest absolute Gasteiger partial charge is 0.394 e. The van der Waals surface area contributed by atoms with Crippen LogP contribution in [-0.4, -0.2) is 66.8 Å². The van der Waals surface area contributed by atoms with Crippen molar-refractivity contribution in [1.82, 2.24) is 0 Å². The summed E-state index contributed by atoms with van der Waals surface area (Å²) < 4.78 is 28.5. The zero-order valence-corrected chi connectivity index (χ0v) is 7.57. The molecule has 0 saturated carbocycles. The molecule has 0 aliphatic carbocycles. The van der Waals surface area contributed by atoms with Gasteiger partial charge in [-0.1, -0.05) is 0 Å². The van der Waals surface area contributed by atoms with Gasteiger partial charge in [0.1, 0.15) is 24.4 Å². The fraction of sp³-hybridized carbons (Fsp3) is 1.00. The molecule has 0 aromatic heterocycles. The summed E-state index contributed by atoms with van der Waals surface area (Å²) in [6, 6.07) is 0. The molecule has 5 atom stereocenters. The third kappa shape index (κ3) is 2.05. The molecule has 1 saturated heterocycles. The molecule has 0 aromatic carbocycles. The normalized spacial score (nSPS) is 45.8. The first-order chi connectivity index (χ1) is 7.65. The molecule has 0 amide bonds. The van der Waals surface area contributed by atoms with Gasteiger partial charge in [0, 0.05) is 14.2 Å². The summed E-state index contributed by atoms with van der Waals surface area (Å²) in [4.78, 5) is 0. The molecule has 0 bridgehead atoms. The van der Waals surface area contributed by atoms with Crippen LogP contribution in [0.3, 0.4) is 0 Å². The lowest BCUT2D eigenvalue weighted by molar-refractivity contribution is -0.295. The van der Waals surface area contributed by atoms with Crippen LogP contribution in [0.4, 0.5) is 0 Å². The Kier molecular flexibility index (Phi) is 3.23. The zero-order valence-electron chi connectivity index (χ0n) is 9.57. The van der Waals surface area contributed by atoms with Crippen molar-refractivity contribution in [1.29, 1.82) is 0 Å². The van der Waals surface area contributed by atoms with E-state index in [0.717, 1.165) is 0 Å². The van der Waals surface area contributed by atoms with Crippen LogP contribution in [-0.2, 0) is 14.2 Å². The number of aliphatic hydroxyl groups excluding tert-OH is 3. The minimum absolute atomic E-state index is 0.426. The predicted molar refractivity (Wildman–Crippen MR) is 45.6 cm³/mol.